The smallest absolute Gasteiger partial charge is 0.498 e. The Bertz CT molecular complexity index is 815. The molecule has 2 aromatic carbocycles. The second-order valence-electron chi connectivity index (χ2n) is 7.44. The van der Waals surface area contributed by atoms with Crippen LogP contribution < -0.4 is 5.46 Å². The molecule has 0 atom stereocenters. The highest BCUT2D eigenvalue weighted by Crippen LogP contribution is 2.38. The van der Waals surface area contributed by atoms with E-state index in [1.165, 1.54) is 12.1 Å². The van der Waals surface area contributed by atoms with E-state index in [0.29, 0.717) is 16.6 Å². The van der Waals surface area contributed by atoms with Crippen molar-refractivity contribution in [3.63, 3.8) is 0 Å². The number of halogens is 3. The van der Waals surface area contributed by atoms with Crippen LogP contribution in [0.1, 0.15) is 33.3 Å². The van der Waals surface area contributed by atoms with Crippen molar-refractivity contribution in [1.82, 2.24) is 0 Å². The van der Waals surface area contributed by atoms with Gasteiger partial charge in [-0.15, -0.1) is 0 Å². The number of benzene rings is 2. The van der Waals surface area contributed by atoms with Gasteiger partial charge in [-0.05, 0) is 57.0 Å². The highest BCUT2D eigenvalue weighted by atomic mass is 19.4. The van der Waals surface area contributed by atoms with Gasteiger partial charge in [0.05, 0.1) is 16.8 Å². The molecule has 0 radical (unpaired) electrons. The molecule has 1 heterocycles. The largest absolute Gasteiger partial charge is 0.508 e. The fraction of sp³-hybridized carbons (Fsp3) is 0.368. The molecule has 0 unspecified atom stereocenters. The minimum Gasteiger partial charge on any atom is -0.508 e. The number of aromatic hydroxyl groups is 1. The lowest BCUT2D eigenvalue weighted by Crippen LogP contribution is -2.41. The van der Waals surface area contributed by atoms with Gasteiger partial charge < -0.3 is 14.4 Å². The van der Waals surface area contributed by atoms with Gasteiger partial charge in [0.2, 0.25) is 0 Å². The molecule has 138 valence electrons. The lowest BCUT2D eigenvalue weighted by atomic mass is 9.77. The summed E-state index contributed by atoms with van der Waals surface area (Å²) in [5, 5.41) is 10.2. The summed E-state index contributed by atoms with van der Waals surface area (Å²) in [7, 11) is -0.800. The number of rotatable bonds is 2. The molecule has 0 aromatic heterocycles. The van der Waals surface area contributed by atoms with Crippen LogP contribution >= 0.6 is 0 Å². The van der Waals surface area contributed by atoms with Gasteiger partial charge in [0.1, 0.15) is 5.75 Å². The molecule has 26 heavy (non-hydrogen) atoms. The van der Waals surface area contributed by atoms with Crippen molar-refractivity contribution in [2.75, 3.05) is 0 Å². The van der Waals surface area contributed by atoms with Crippen LogP contribution in [0.5, 0.6) is 5.75 Å². The van der Waals surface area contributed by atoms with Crippen molar-refractivity contribution in [3.8, 4) is 16.9 Å². The molecule has 3 nitrogen and oxygen atoms in total. The number of phenolic OH excluding ortho intramolecular Hbond substituents is 1. The SMILES string of the molecule is CC1(C)OB(c2cc(-c3cccc(C(F)(F)F)c3)ccc2O)OC1(C)C. The number of phenols is 1. The third kappa shape index (κ3) is 3.33. The van der Waals surface area contributed by atoms with Crippen LogP contribution in [0.25, 0.3) is 11.1 Å². The van der Waals surface area contributed by atoms with Crippen LogP contribution in [-0.2, 0) is 15.5 Å². The molecule has 0 amide bonds. The Balaban J connectivity index is 2.00. The van der Waals surface area contributed by atoms with Crippen molar-refractivity contribution in [1.29, 1.82) is 0 Å². The third-order valence-corrected chi connectivity index (χ3v) is 5.06. The first kappa shape index (κ1) is 18.8. The second kappa shape index (κ2) is 6.03. The lowest BCUT2D eigenvalue weighted by Gasteiger charge is -2.32. The topological polar surface area (TPSA) is 38.7 Å². The Kier molecular flexibility index (Phi) is 4.36. The van der Waals surface area contributed by atoms with E-state index in [4.69, 9.17) is 9.31 Å². The summed E-state index contributed by atoms with van der Waals surface area (Å²) in [6.07, 6.45) is -4.42. The molecule has 2 aromatic rings. The first-order valence-corrected chi connectivity index (χ1v) is 8.27. The van der Waals surface area contributed by atoms with Crippen LogP contribution in [-0.4, -0.2) is 23.4 Å². The molecule has 0 aliphatic carbocycles. The summed E-state index contributed by atoms with van der Waals surface area (Å²) in [4.78, 5) is 0. The normalized spacial score (nSPS) is 19.0. The first-order chi connectivity index (χ1) is 11.9. The molecule has 1 N–H and O–H groups in total. The predicted octanol–water partition coefficient (Wildman–Crippen LogP) is 4.38. The van der Waals surface area contributed by atoms with Crippen LogP contribution in [0, 0.1) is 0 Å². The van der Waals surface area contributed by atoms with Gasteiger partial charge in [-0.3, -0.25) is 0 Å². The molecule has 1 fully saturated rings. The Morgan fingerprint density at radius 1 is 0.885 bits per heavy atom. The van der Waals surface area contributed by atoms with Gasteiger partial charge in [-0.1, -0.05) is 24.3 Å². The van der Waals surface area contributed by atoms with Crippen LogP contribution in [0.15, 0.2) is 42.5 Å². The molecular formula is C19H20BF3O3. The summed E-state index contributed by atoms with van der Waals surface area (Å²) >= 11 is 0. The summed E-state index contributed by atoms with van der Waals surface area (Å²) in [5.74, 6) is -0.0285. The van der Waals surface area contributed by atoms with Gasteiger partial charge in [0.15, 0.2) is 0 Å². The third-order valence-electron chi connectivity index (χ3n) is 5.06. The fourth-order valence-electron chi connectivity index (χ4n) is 2.77. The highest BCUT2D eigenvalue weighted by Gasteiger charge is 2.52. The van der Waals surface area contributed by atoms with Crippen LogP contribution in [0.2, 0.25) is 0 Å². The van der Waals surface area contributed by atoms with E-state index in [1.807, 2.05) is 27.7 Å². The summed E-state index contributed by atoms with van der Waals surface area (Å²) < 4.78 is 50.8. The molecule has 1 aliphatic rings. The van der Waals surface area contributed by atoms with E-state index < -0.39 is 30.1 Å². The van der Waals surface area contributed by atoms with E-state index in [2.05, 4.69) is 0 Å². The number of hydrogen-bond acceptors (Lipinski definition) is 3. The monoisotopic (exact) mass is 364 g/mol. The van der Waals surface area contributed by atoms with Crippen molar-refractivity contribution in [3.05, 3.63) is 48.0 Å². The number of alkyl halides is 3. The molecule has 7 heteroatoms. The molecule has 3 rings (SSSR count). The molecule has 0 spiro atoms. The molecule has 1 saturated heterocycles. The molecule has 1 aliphatic heterocycles. The second-order valence-corrected chi connectivity index (χ2v) is 7.44. The van der Waals surface area contributed by atoms with Crippen molar-refractivity contribution in [2.24, 2.45) is 0 Å². The fourth-order valence-corrected chi connectivity index (χ4v) is 2.77. The van der Waals surface area contributed by atoms with Gasteiger partial charge in [0, 0.05) is 5.46 Å². The van der Waals surface area contributed by atoms with Gasteiger partial charge in [-0.2, -0.15) is 13.2 Å². The minimum atomic E-state index is -4.42. The highest BCUT2D eigenvalue weighted by molar-refractivity contribution is 6.63. The van der Waals surface area contributed by atoms with Gasteiger partial charge in [0.25, 0.3) is 0 Å². The quantitative estimate of drug-likeness (QED) is 0.804. The van der Waals surface area contributed by atoms with Crippen molar-refractivity contribution >= 4 is 12.6 Å². The van der Waals surface area contributed by atoms with E-state index in [9.17, 15) is 18.3 Å². The maximum absolute atomic E-state index is 13.0. The Morgan fingerprint density at radius 3 is 2.04 bits per heavy atom. The van der Waals surface area contributed by atoms with Crippen molar-refractivity contribution < 1.29 is 27.6 Å². The summed E-state index contributed by atoms with van der Waals surface area (Å²) in [5.41, 5.74) is -0.567. The van der Waals surface area contributed by atoms with E-state index in [1.54, 1.807) is 18.2 Å². The number of hydrogen-bond donors (Lipinski definition) is 1. The Hall–Kier alpha value is -1.99. The molecule has 0 saturated carbocycles. The lowest BCUT2D eigenvalue weighted by molar-refractivity contribution is -0.137. The predicted molar refractivity (Wildman–Crippen MR) is 94.3 cm³/mol. The first-order valence-electron chi connectivity index (χ1n) is 8.27. The summed E-state index contributed by atoms with van der Waals surface area (Å²) in [6, 6.07) is 9.68. The Morgan fingerprint density at radius 2 is 1.46 bits per heavy atom. The summed E-state index contributed by atoms with van der Waals surface area (Å²) in [6.45, 7) is 7.56. The van der Waals surface area contributed by atoms with E-state index in [-0.39, 0.29) is 5.75 Å². The maximum Gasteiger partial charge on any atom is 0.498 e. The van der Waals surface area contributed by atoms with E-state index >= 15 is 0 Å². The van der Waals surface area contributed by atoms with Crippen LogP contribution in [0.3, 0.4) is 0 Å². The zero-order chi connectivity index (χ0) is 19.3. The Labute approximate surface area is 150 Å². The molecule has 0 bridgehead atoms. The maximum atomic E-state index is 13.0. The average Bonchev–Trinajstić information content (AvgIpc) is 2.75. The van der Waals surface area contributed by atoms with Crippen molar-refractivity contribution in [2.45, 2.75) is 45.1 Å². The average molecular weight is 364 g/mol. The standard InChI is InChI=1S/C19H20BF3O3/c1-17(2)18(3,4)26-20(25-17)15-11-13(8-9-16(15)24)12-6-5-7-14(10-12)19(21,22)23/h5-11,24H,1-4H3. The van der Waals surface area contributed by atoms with Crippen LogP contribution in [0.4, 0.5) is 13.2 Å². The molecular weight excluding hydrogens is 344 g/mol. The minimum absolute atomic E-state index is 0.0285. The zero-order valence-corrected chi connectivity index (χ0v) is 15.0. The zero-order valence-electron chi connectivity index (χ0n) is 15.0. The van der Waals surface area contributed by atoms with Gasteiger partial charge >= 0.3 is 13.3 Å². The van der Waals surface area contributed by atoms with Gasteiger partial charge in [-0.25, -0.2) is 0 Å². The van der Waals surface area contributed by atoms with E-state index in [0.717, 1.165) is 12.1 Å².